The Morgan fingerprint density at radius 1 is 1.00 bits per heavy atom. The van der Waals surface area contributed by atoms with Crippen LogP contribution in [0.2, 0.25) is 0 Å². The summed E-state index contributed by atoms with van der Waals surface area (Å²) in [5, 5.41) is 4.92. The molecule has 174 valence electrons. The van der Waals surface area contributed by atoms with E-state index >= 15 is 0 Å². The number of aryl methyl sites for hydroxylation is 3. The Balaban J connectivity index is 1.52. The van der Waals surface area contributed by atoms with Crippen molar-refractivity contribution in [3.05, 3.63) is 52.8 Å². The summed E-state index contributed by atoms with van der Waals surface area (Å²) >= 11 is 0. The number of carbonyl (C=O) groups is 2. The summed E-state index contributed by atoms with van der Waals surface area (Å²) in [5.74, 6) is -1.14. The molecule has 2 N–H and O–H groups in total. The first-order valence-electron chi connectivity index (χ1n) is 10.7. The number of fused-ring (bicyclic) bond motifs is 1. The molecule has 1 saturated heterocycles. The second-order valence-electron chi connectivity index (χ2n) is 8.12. The highest BCUT2D eigenvalue weighted by Gasteiger charge is 2.26. The molecule has 1 aromatic carbocycles. The minimum absolute atomic E-state index is 0.0563. The van der Waals surface area contributed by atoms with Crippen LogP contribution in [0, 0.1) is 13.8 Å². The van der Waals surface area contributed by atoms with Crippen LogP contribution in [0.25, 0.3) is 11.0 Å². The van der Waals surface area contributed by atoms with Gasteiger partial charge in [0.05, 0.1) is 21.5 Å². The summed E-state index contributed by atoms with van der Waals surface area (Å²) in [5.41, 5.74) is 7.10. The third-order valence-electron chi connectivity index (χ3n) is 5.68. The van der Waals surface area contributed by atoms with Gasteiger partial charge in [0.15, 0.2) is 5.65 Å². The van der Waals surface area contributed by atoms with Gasteiger partial charge in [0.1, 0.15) is 0 Å². The average molecular weight is 471 g/mol. The van der Waals surface area contributed by atoms with Gasteiger partial charge in [0.25, 0.3) is 11.8 Å². The molecule has 11 heteroatoms. The maximum atomic E-state index is 12.9. The summed E-state index contributed by atoms with van der Waals surface area (Å²) < 4.78 is 28.9. The zero-order valence-electron chi connectivity index (χ0n) is 18.8. The van der Waals surface area contributed by atoms with Crippen LogP contribution in [0.3, 0.4) is 0 Å². The van der Waals surface area contributed by atoms with Crippen molar-refractivity contribution < 1.29 is 18.0 Å². The van der Waals surface area contributed by atoms with E-state index in [4.69, 9.17) is 0 Å². The van der Waals surface area contributed by atoms with E-state index in [0.717, 1.165) is 19.3 Å². The number of sulfonamides is 1. The minimum atomic E-state index is -3.67. The lowest BCUT2D eigenvalue weighted by Crippen LogP contribution is -2.42. The van der Waals surface area contributed by atoms with Gasteiger partial charge in [-0.2, -0.15) is 9.40 Å². The molecule has 0 spiro atoms. The van der Waals surface area contributed by atoms with Crippen LogP contribution in [-0.4, -0.2) is 52.4 Å². The van der Waals surface area contributed by atoms with Crippen LogP contribution in [0.5, 0.6) is 0 Å². The molecule has 1 fully saturated rings. The molecule has 2 amide bonds. The van der Waals surface area contributed by atoms with Gasteiger partial charge in [-0.25, -0.2) is 13.4 Å². The number of amides is 2. The highest BCUT2D eigenvalue weighted by atomic mass is 32.2. The van der Waals surface area contributed by atoms with Crippen LogP contribution in [0.15, 0.2) is 35.2 Å². The Labute approximate surface area is 192 Å². The molecule has 33 heavy (non-hydrogen) atoms. The van der Waals surface area contributed by atoms with E-state index in [9.17, 15) is 18.0 Å². The van der Waals surface area contributed by atoms with Gasteiger partial charge in [-0.1, -0.05) is 12.5 Å². The van der Waals surface area contributed by atoms with E-state index in [1.807, 2.05) is 0 Å². The fraction of sp³-hybridized carbons (Fsp3) is 0.364. The van der Waals surface area contributed by atoms with Gasteiger partial charge >= 0.3 is 0 Å². The van der Waals surface area contributed by atoms with Crippen molar-refractivity contribution in [2.75, 3.05) is 13.1 Å². The summed E-state index contributed by atoms with van der Waals surface area (Å²) in [6.07, 6.45) is 2.66. The monoisotopic (exact) mass is 470 g/mol. The van der Waals surface area contributed by atoms with Crippen molar-refractivity contribution in [3.8, 4) is 0 Å². The standard InChI is InChI=1S/C22H26N6O4S/c1-14-12-18(19-15(2)26-27(3)20(19)23-14)22(30)25-24-21(29)16-8-7-9-17(13-16)33(31,32)28-10-5-4-6-11-28/h7-9,12-13H,4-6,10-11H2,1-3H3,(H,24,29)(H,25,30). The van der Waals surface area contributed by atoms with Gasteiger partial charge in [-0.05, 0) is 51.0 Å². The van der Waals surface area contributed by atoms with Gasteiger partial charge in [-0.3, -0.25) is 25.1 Å². The Morgan fingerprint density at radius 3 is 2.42 bits per heavy atom. The molecule has 0 bridgehead atoms. The quantitative estimate of drug-likeness (QED) is 0.560. The van der Waals surface area contributed by atoms with Crippen molar-refractivity contribution >= 4 is 32.9 Å². The first-order chi connectivity index (χ1) is 15.7. The fourth-order valence-electron chi connectivity index (χ4n) is 4.05. The average Bonchev–Trinajstić information content (AvgIpc) is 3.10. The van der Waals surface area contributed by atoms with Gasteiger partial charge in [0.2, 0.25) is 10.0 Å². The van der Waals surface area contributed by atoms with Crippen LogP contribution in [0.1, 0.15) is 51.4 Å². The van der Waals surface area contributed by atoms with E-state index in [2.05, 4.69) is 20.9 Å². The Morgan fingerprint density at radius 2 is 1.70 bits per heavy atom. The number of benzene rings is 1. The molecule has 4 rings (SSSR count). The molecule has 3 aromatic rings. The molecule has 10 nitrogen and oxygen atoms in total. The lowest BCUT2D eigenvalue weighted by Gasteiger charge is -2.26. The number of hydrazine groups is 1. The zero-order chi connectivity index (χ0) is 23.8. The molecular weight excluding hydrogens is 444 g/mol. The highest BCUT2D eigenvalue weighted by molar-refractivity contribution is 7.89. The molecule has 3 heterocycles. The first kappa shape index (κ1) is 22.9. The number of aromatic nitrogens is 3. The van der Waals surface area contributed by atoms with Gasteiger partial charge in [-0.15, -0.1) is 0 Å². The Hall–Kier alpha value is -3.31. The first-order valence-corrected chi connectivity index (χ1v) is 12.1. The predicted octanol–water partition coefficient (Wildman–Crippen LogP) is 1.83. The summed E-state index contributed by atoms with van der Waals surface area (Å²) in [7, 11) is -1.93. The third kappa shape index (κ3) is 4.46. The molecule has 0 saturated carbocycles. The van der Waals surface area contributed by atoms with Crippen LogP contribution in [0.4, 0.5) is 0 Å². The number of nitrogens with one attached hydrogen (secondary N) is 2. The lowest BCUT2D eigenvalue weighted by molar-refractivity contribution is 0.0847. The van der Waals surface area contributed by atoms with E-state index in [1.54, 1.807) is 31.6 Å². The highest BCUT2D eigenvalue weighted by Crippen LogP contribution is 2.22. The number of piperidine rings is 1. The molecular formula is C22H26N6O4S. The van der Waals surface area contributed by atoms with E-state index in [-0.39, 0.29) is 10.5 Å². The number of rotatable bonds is 4. The maximum Gasteiger partial charge on any atom is 0.270 e. The number of pyridine rings is 1. The van der Waals surface area contributed by atoms with Crippen molar-refractivity contribution in [1.29, 1.82) is 0 Å². The van der Waals surface area contributed by atoms with E-state index < -0.39 is 21.8 Å². The normalized spacial score (nSPS) is 14.9. The molecule has 2 aromatic heterocycles. The molecule has 1 aliphatic rings. The number of hydrogen-bond acceptors (Lipinski definition) is 6. The Kier molecular flexibility index (Phi) is 6.17. The molecule has 1 aliphatic heterocycles. The van der Waals surface area contributed by atoms with Gasteiger partial charge in [0, 0.05) is 31.4 Å². The number of hydrogen-bond donors (Lipinski definition) is 2. The fourth-order valence-corrected chi connectivity index (χ4v) is 5.62. The maximum absolute atomic E-state index is 12.9. The SMILES string of the molecule is Cc1cc(C(=O)NNC(=O)c2cccc(S(=O)(=O)N3CCCCC3)c2)c2c(C)nn(C)c2n1. The summed E-state index contributed by atoms with van der Waals surface area (Å²) in [4.78, 5) is 30.0. The van der Waals surface area contributed by atoms with Gasteiger partial charge < -0.3 is 0 Å². The number of nitrogens with zero attached hydrogens (tertiary/aromatic N) is 4. The third-order valence-corrected chi connectivity index (χ3v) is 7.57. The van der Waals surface area contributed by atoms with Crippen LogP contribution in [-0.2, 0) is 17.1 Å². The zero-order valence-corrected chi connectivity index (χ0v) is 19.6. The smallest absolute Gasteiger partial charge is 0.267 e. The topological polar surface area (TPSA) is 126 Å². The second kappa shape index (κ2) is 8.91. The summed E-state index contributed by atoms with van der Waals surface area (Å²) in [6, 6.07) is 7.44. The van der Waals surface area contributed by atoms with Crippen molar-refractivity contribution in [3.63, 3.8) is 0 Å². The predicted molar refractivity (Wildman–Crippen MR) is 122 cm³/mol. The van der Waals surface area contributed by atoms with E-state index in [0.29, 0.717) is 41.1 Å². The Bertz CT molecular complexity index is 1340. The molecule has 0 aliphatic carbocycles. The van der Waals surface area contributed by atoms with Crippen molar-refractivity contribution in [1.82, 2.24) is 29.9 Å². The molecule has 0 radical (unpaired) electrons. The van der Waals surface area contributed by atoms with Crippen molar-refractivity contribution in [2.24, 2.45) is 7.05 Å². The second-order valence-corrected chi connectivity index (χ2v) is 10.1. The van der Waals surface area contributed by atoms with Crippen LogP contribution < -0.4 is 10.9 Å². The number of carbonyl (C=O) groups excluding carboxylic acids is 2. The van der Waals surface area contributed by atoms with Crippen molar-refractivity contribution in [2.45, 2.75) is 38.0 Å². The molecule has 0 unspecified atom stereocenters. The lowest BCUT2D eigenvalue weighted by atomic mass is 10.1. The van der Waals surface area contributed by atoms with Crippen LogP contribution >= 0.6 is 0 Å². The van der Waals surface area contributed by atoms with E-state index in [1.165, 1.54) is 28.6 Å². The molecule has 0 atom stereocenters. The summed E-state index contributed by atoms with van der Waals surface area (Å²) in [6.45, 7) is 4.50. The largest absolute Gasteiger partial charge is 0.270 e. The minimum Gasteiger partial charge on any atom is -0.267 e.